The van der Waals surface area contributed by atoms with E-state index in [1.165, 1.54) is 0 Å². The number of carbonyl (C=O) groups is 1. The van der Waals surface area contributed by atoms with Gasteiger partial charge in [-0.25, -0.2) is 9.78 Å². The third-order valence-electron chi connectivity index (χ3n) is 6.51. The van der Waals surface area contributed by atoms with Crippen LogP contribution in [0.15, 0.2) is 66.7 Å². The zero-order valence-electron chi connectivity index (χ0n) is 20.5. The summed E-state index contributed by atoms with van der Waals surface area (Å²) in [7, 11) is 0. The Hall–Kier alpha value is -3.80. The average Bonchev–Trinajstić information content (AvgIpc) is 3.12. The summed E-state index contributed by atoms with van der Waals surface area (Å²) in [6.07, 6.45) is 2.03. The van der Waals surface area contributed by atoms with Crippen LogP contribution in [0.2, 0.25) is 0 Å². The number of nitrogens with zero attached hydrogens (tertiary/aromatic N) is 3. The molecule has 4 aromatic rings. The monoisotopic (exact) mass is 468 g/mol. The Labute approximate surface area is 206 Å². The molecule has 6 heteroatoms. The van der Waals surface area contributed by atoms with Crippen molar-refractivity contribution in [3.05, 3.63) is 83.7 Å². The number of aromatic amines is 1. The van der Waals surface area contributed by atoms with E-state index in [0.717, 1.165) is 64.2 Å². The number of aryl methyl sites for hydroxylation is 1. The summed E-state index contributed by atoms with van der Waals surface area (Å²) in [6.45, 7) is 7.08. The molecule has 1 aromatic heterocycles. The van der Waals surface area contributed by atoms with Gasteiger partial charge in [0.05, 0.1) is 24.1 Å². The van der Waals surface area contributed by atoms with Crippen LogP contribution in [-0.4, -0.2) is 45.5 Å². The highest BCUT2D eigenvalue weighted by atomic mass is 16.5. The Kier molecular flexibility index (Phi) is 6.70. The third-order valence-corrected chi connectivity index (χ3v) is 6.51. The number of nitrogens with one attached hydrogen (secondary N) is 1. The second-order valence-corrected chi connectivity index (χ2v) is 9.19. The van der Waals surface area contributed by atoms with Crippen molar-refractivity contribution in [2.45, 2.75) is 39.8 Å². The smallest absolute Gasteiger partial charge is 0.320 e. The first-order chi connectivity index (χ1) is 17.1. The molecule has 0 saturated heterocycles. The maximum atomic E-state index is 13.7. The first-order valence-corrected chi connectivity index (χ1v) is 12.4. The number of rotatable bonds is 6. The molecular weight excluding hydrogens is 436 g/mol. The predicted molar refractivity (Wildman–Crippen MR) is 139 cm³/mol. The maximum Gasteiger partial charge on any atom is 0.320 e. The van der Waals surface area contributed by atoms with E-state index in [9.17, 15) is 4.79 Å². The highest BCUT2D eigenvalue weighted by Crippen LogP contribution is 2.31. The second kappa shape index (κ2) is 10.2. The molecule has 0 radical (unpaired) electrons. The highest BCUT2D eigenvalue weighted by molar-refractivity contribution is 5.82. The molecule has 0 bridgehead atoms. The molecule has 1 aliphatic rings. The molecule has 1 aliphatic heterocycles. The summed E-state index contributed by atoms with van der Waals surface area (Å²) in [5.74, 6) is 1.76. The van der Waals surface area contributed by atoms with Crippen LogP contribution in [0.1, 0.15) is 36.7 Å². The van der Waals surface area contributed by atoms with Crippen molar-refractivity contribution in [2.75, 3.05) is 19.7 Å². The first-order valence-electron chi connectivity index (χ1n) is 12.4. The maximum absolute atomic E-state index is 13.7. The van der Waals surface area contributed by atoms with Crippen LogP contribution in [0, 0.1) is 6.92 Å². The van der Waals surface area contributed by atoms with Gasteiger partial charge in [0.25, 0.3) is 0 Å². The van der Waals surface area contributed by atoms with Crippen molar-refractivity contribution in [3.8, 4) is 16.9 Å². The van der Waals surface area contributed by atoms with E-state index in [2.05, 4.69) is 53.3 Å². The summed E-state index contributed by atoms with van der Waals surface area (Å²) < 4.78 is 6.04. The normalized spacial score (nSPS) is 13.3. The van der Waals surface area contributed by atoms with E-state index in [4.69, 9.17) is 4.74 Å². The quantitative estimate of drug-likeness (QED) is 0.369. The number of fused-ring (bicyclic) bond motifs is 2. The van der Waals surface area contributed by atoms with E-state index in [1.807, 2.05) is 47.1 Å². The molecule has 35 heavy (non-hydrogen) atoms. The van der Waals surface area contributed by atoms with E-state index in [-0.39, 0.29) is 6.03 Å². The Balaban J connectivity index is 1.39. The van der Waals surface area contributed by atoms with Crippen molar-refractivity contribution in [1.29, 1.82) is 0 Å². The zero-order chi connectivity index (χ0) is 24.2. The highest BCUT2D eigenvalue weighted by Gasteiger charge is 2.25. The molecular formula is C29H32N4O2. The molecule has 2 heterocycles. The topological polar surface area (TPSA) is 61.5 Å². The molecule has 2 amide bonds. The van der Waals surface area contributed by atoms with Crippen LogP contribution in [0.25, 0.3) is 22.2 Å². The lowest BCUT2D eigenvalue weighted by atomic mass is 10.0. The van der Waals surface area contributed by atoms with Crippen molar-refractivity contribution in [1.82, 2.24) is 19.8 Å². The lowest BCUT2D eigenvalue weighted by molar-refractivity contribution is 0.142. The molecule has 5 rings (SSSR count). The van der Waals surface area contributed by atoms with Gasteiger partial charge in [0.15, 0.2) is 0 Å². The molecule has 6 nitrogen and oxygen atoms in total. The Morgan fingerprint density at radius 2 is 1.89 bits per heavy atom. The molecule has 0 saturated carbocycles. The fourth-order valence-electron chi connectivity index (χ4n) is 4.65. The fraction of sp³-hybridized carbons (Fsp3) is 0.310. The number of unbranched alkanes of at least 4 members (excludes halogenated alkanes) is 1. The summed E-state index contributed by atoms with van der Waals surface area (Å²) >= 11 is 0. The largest absolute Gasteiger partial charge is 0.491 e. The number of hydrogen-bond donors (Lipinski definition) is 1. The van der Waals surface area contributed by atoms with Gasteiger partial charge in [-0.05, 0) is 54.3 Å². The van der Waals surface area contributed by atoms with Gasteiger partial charge in [0, 0.05) is 18.7 Å². The van der Waals surface area contributed by atoms with Gasteiger partial charge >= 0.3 is 6.03 Å². The van der Waals surface area contributed by atoms with Crippen LogP contribution >= 0.6 is 0 Å². The van der Waals surface area contributed by atoms with Gasteiger partial charge in [-0.2, -0.15) is 0 Å². The number of carbonyl (C=O) groups excluding carboxylic acids is 1. The Morgan fingerprint density at radius 3 is 2.71 bits per heavy atom. The second-order valence-electron chi connectivity index (χ2n) is 9.19. The van der Waals surface area contributed by atoms with Gasteiger partial charge in [0.1, 0.15) is 18.2 Å². The zero-order valence-corrected chi connectivity index (χ0v) is 20.5. The number of amides is 2. The lowest BCUT2D eigenvalue weighted by Crippen LogP contribution is -2.43. The SMILES string of the molecule is CCCCN(Cc1ccccc1)C(=O)N1CCOc2ccc(-c3ccc4nc(C)[nH]c4c3)cc2C1. The lowest BCUT2D eigenvalue weighted by Gasteiger charge is -2.30. The fourth-order valence-corrected chi connectivity index (χ4v) is 4.65. The summed E-state index contributed by atoms with van der Waals surface area (Å²) in [5, 5.41) is 0. The van der Waals surface area contributed by atoms with Gasteiger partial charge < -0.3 is 19.5 Å². The van der Waals surface area contributed by atoms with Crippen LogP contribution in [0.4, 0.5) is 4.79 Å². The number of ether oxygens (including phenoxy) is 1. The van der Waals surface area contributed by atoms with E-state index in [0.29, 0.717) is 26.2 Å². The molecule has 180 valence electrons. The number of benzene rings is 3. The molecule has 0 atom stereocenters. The van der Waals surface area contributed by atoms with E-state index < -0.39 is 0 Å². The number of urea groups is 1. The van der Waals surface area contributed by atoms with E-state index >= 15 is 0 Å². The number of H-pyrrole nitrogens is 1. The molecule has 3 aromatic carbocycles. The number of aromatic nitrogens is 2. The summed E-state index contributed by atoms with van der Waals surface area (Å²) in [6, 6.07) is 22.8. The Bertz CT molecular complexity index is 1320. The number of imidazole rings is 1. The Morgan fingerprint density at radius 1 is 1.09 bits per heavy atom. The van der Waals surface area contributed by atoms with Crippen LogP contribution in [-0.2, 0) is 13.1 Å². The van der Waals surface area contributed by atoms with Crippen molar-refractivity contribution < 1.29 is 9.53 Å². The molecule has 0 unspecified atom stereocenters. The molecule has 0 spiro atoms. The van der Waals surface area contributed by atoms with Crippen molar-refractivity contribution in [3.63, 3.8) is 0 Å². The summed E-state index contributed by atoms with van der Waals surface area (Å²) in [5.41, 5.74) is 6.38. The van der Waals surface area contributed by atoms with Crippen LogP contribution < -0.4 is 4.74 Å². The molecule has 1 N–H and O–H groups in total. The molecule has 0 fully saturated rings. The van der Waals surface area contributed by atoms with Crippen molar-refractivity contribution >= 4 is 17.1 Å². The standard InChI is InChI=1S/C29H32N4O2/c1-3-4-14-32(19-22-8-6-5-7-9-22)29(34)33-15-16-35-28-13-11-23(17-25(28)20-33)24-10-12-26-27(18-24)31-21(2)30-26/h5-13,17-18H,3-4,14-16,19-20H2,1-2H3,(H,30,31). The first kappa shape index (κ1) is 23.0. The minimum absolute atomic E-state index is 0.0681. The minimum Gasteiger partial charge on any atom is -0.491 e. The van der Waals surface area contributed by atoms with Gasteiger partial charge in [-0.3, -0.25) is 0 Å². The predicted octanol–water partition coefficient (Wildman–Crippen LogP) is 6.16. The van der Waals surface area contributed by atoms with Crippen molar-refractivity contribution in [2.24, 2.45) is 0 Å². The average molecular weight is 469 g/mol. The third kappa shape index (κ3) is 5.16. The van der Waals surface area contributed by atoms with Crippen LogP contribution in [0.5, 0.6) is 5.75 Å². The van der Waals surface area contributed by atoms with Gasteiger partial charge in [-0.15, -0.1) is 0 Å². The van der Waals surface area contributed by atoms with Gasteiger partial charge in [-0.1, -0.05) is 55.8 Å². The van der Waals surface area contributed by atoms with Crippen LogP contribution in [0.3, 0.4) is 0 Å². The molecule has 0 aliphatic carbocycles. The summed E-state index contributed by atoms with van der Waals surface area (Å²) in [4.78, 5) is 25.4. The minimum atomic E-state index is 0.0681. The number of hydrogen-bond acceptors (Lipinski definition) is 3. The van der Waals surface area contributed by atoms with E-state index in [1.54, 1.807) is 0 Å². The van der Waals surface area contributed by atoms with Gasteiger partial charge in [0.2, 0.25) is 0 Å².